The molecular weight excluding hydrogens is 282 g/mol. The average molecular weight is 297 g/mol. The number of nitrogen functional groups attached to an aromatic ring is 1. The number of hydrogen-bond acceptors (Lipinski definition) is 8. The number of aromatic nitrogens is 4. The Morgan fingerprint density at radius 2 is 2.29 bits per heavy atom. The minimum atomic E-state index is -1.20. The summed E-state index contributed by atoms with van der Waals surface area (Å²) in [4.78, 5) is 22.0. The van der Waals surface area contributed by atoms with E-state index in [1.807, 2.05) is 0 Å². The van der Waals surface area contributed by atoms with Crippen LogP contribution in [0.5, 0.6) is 0 Å². The first kappa shape index (κ1) is 13.9. The molecule has 0 aliphatic carbocycles. The number of anilines is 1. The van der Waals surface area contributed by atoms with Crippen molar-refractivity contribution in [1.82, 2.24) is 19.5 Å². The smallest absolute Gasteiger partial charge is 0.280 e. The molecule has 0 aromatic carbocycles. The summed E-state index contributed by atoms with van der Waals surface area (Å²) in [5, 5.41) is 20.0. The van der Waals surface area contributed by atoms with Crippen molar-refractivity contribution >= 4 is 17.1 Å². The molecule has 3 heterocycles. The lowest BCUT2D eigenvalue weighted by Crippen LogP contribution is -2.33. The van der Waals surface area contributed by atoms with Crippen molar-refractivity contribution in [2.24, 2.45) is 0 Å². The number of H-pyrrole nitrogens is 1. The number of aromatic amines is 1. The Morgan fingerprint density at radius 1 is 1.52 bits per heavy atom. The van der Waals surface area contributed by atoms with Gasteiger partial charge in [-0.25, -0.2) is 4.98 Å². The number of hydrogen-bond donors (Lipinski definition) is 4. The van der Waals surface area contributed by atoms with Crippen molar-refractivity contribution in [3.05, 3.63) is 16.7 Å². The number of imidazole rings is 1. The second-order valence-corrected chi connectivity index (χ2v) is 4.78. The van der Waals surface area contributed by atoms with Gasteiger partial charge in [0.15, 0.2) is 17.4 Å². The standard InChI is InChI=1S/C11H15N5O5/c1-20-2-4-6(17)7(18)10(21-4)16-3-13-5-8(16)14-11(12)15-9(5)19/h3-4,6-7,10,17-18H,2H2,1H3,(H3,12,14,15,19). The minimum Gasteiger partial charge on any atom is -0.387 e. The fourth-order valence-electron chi connectivity index (χ4n) is 2.39. The van der Waals surface area contributed by atoms with Gasteiger partial charge in [-0.2, -0.15) is 4.98 Å². The van der Waals surface area contributed by atoms with E-state index in [1.165, 1.54) is 18.0 Å². The van der Waals surface area contributed by atoms with E-state index in [2.05, 4.69) is 15.0 Å². The normalized spacial score (nSPS) is 29.3. The van der Waals surface area contributed by atoms with Crippen molar-refractivity contribution in [3.8, 4) is 0 Å². The number of aliphatic hydroxyl groups excluding tert-OH is 2. The molecule has 1 fully saturated rings. The van der Waals surface area contributed by atoms with E-state index < -0.39 is 30.1 Å². The molecule has 10 heteroatoms. The molecule has 1 aliphatic heterocycles. The van der Waals surface area contributed by atoms with Crippen LogP contribution in [0.15, 0.2) is 11.1 Å². The van der Waals surface area contributed by atoms with Crippen LogP contribution in [0.2, 0.25) is 0 Å². The molecule has 4 atom stereocenters. The first-order valence-electron chi connectivity index (χ1n) is 6.25. The lowest BCUT2D eigenvalue weighted by Gasteiger charge is -2.16. The fraction of sp³-hybridized carbons (Fsp3) is 0.545. The number of nitrogens with two attached hydrogens (primary N) is 1. The summed E-state index contributed by atoms with van der Waals surface area (Å²) in [6.45, 7) is 0.123. The third kappa shape index (κ3) is 2.17. The molecule has 1 saturated heterocycles. The first-order chi connectivity index (χ1) is 10.0. The quantitative estimate of drug-likeness (QED) is 0.506. The van der Waals surface area contributed by atoms with Crippen molar-refractivity contribution in [3.63, 3.8) is 0 Å². The topological polar surface area (TPSA) is 149 Å². The Balaban J connectivity index is 2.03. The molecule has 10 nitrogen and oxygen atoms in total. The largest absolute Gasteiger partial charge is 0.387 e. The lowest BCUT2D eigenvalue weighted by atomic mass is 10.1. The highest BCUT2D eigenvalue weighted by atomic mass is 16.6. The Hall–Kier alpha value is -2.01. The van der Waals surface area contributed by atoms with Crippen LogP contribution in [0.1, 0.15) is 6.23 Å². The summed E-state index contributed by atoms with van der Waals surface area (Å²) in [7, 11) is 1.46. The van der Waals surface area contributed by atoms with Gasteiger partial charge in [-0.05, 0) is 0 Å². The molecule has 2 aromatic heterocycles. The molecule has 1 aliphatic rings. The van der Waals surface area contributed by atoms with E-state index in [4.69, 9.17) is 15.2 Å². The predicted octanol–water partition coefficient (Wildman–Crippen LogP) is -2.03. The molecule has 0 amide bonds. The number of nitrogens with zero attached hydrogens (tertiary/aromatic N) is 3. The van der Waals surface area contributed by atoms with Gasteiger partial charge in [-0.1, -0.05) is 0 Å². The summed E-state index contributed by atoms with van der Waals surface area (Å²) in [6, 6.07) is 0. The number of ether oxygens (including phenoxy) is 2. The molecule has 5 N–H and O–H groups in total. The third-order valence-corrected chi connectivity index (χ3v) is 3.39. The Labute approximate surface area is 118 Å². The SMILES string of the molecule is COCC1OC(n2cnc3c(=O)[nH]c(N)nc32)C(O)C1O. The number of aliphatic hydroxyl groups is 2. The second-order valence-electron chi connectivity index (χ2n) is 4.78. The van der Waals surface area contributed by atoms with Crippen LogP contribution in [-0.2, 0) is 9.47 Å². The van der Waals surface area contributed by atoms with Crippen molar-refractivity contribution < 1.29 is 19.7 Å². The molecule has 3 rings (SSSR count). The van der Waals surface area contributed by atoms with Gasteiger partial charge in [0.1, 0.15) is 18.3 Å². The highest BCUT2D eigenvalue weighted by molar-refractivity contribution is 5.70. The molecule has 0 saturated carbocycles. The number of rotatable bonds is 3. The van der Waals surface area contributed by atoms with Crippen LogP contribution in [0, 0.1) is 0 Å². The molecule has 2 aromatic rings. The van der Waals surface area contributed by atoms with Gasteiger partial charge in [0.25, 0.3) is 5.56 Å². The summed E-state index contributed by atoms with van der Waals surface area (Å²) in [6.07, 6.45) is -2.63. The monoisotopic (exact) mass is 297 g/mol. The van der Waals surface area contributed by atoms with Crippen LogP contribution in [0.4, 0.5) is 5.95 Å². The summed E-state index contributed by atoms with van der Waals surface area (Å²) in [5.74, 6) is -0.0734. The molecule has 114 valence electrons. The van der Waals surface area contributed by atoms with E-state index in [0.717, 1.165) is 0 Å². The van der Waals surface area contributed by atoms with Gasteiger partial charge < -0.3 is 25.4 Å². The van der Waals surface area contributed by atoms with Crippen LogP contribution >= 0.6 is 0 Å². The van der Waals surface area contributed by atoms with Gasteiger partial charge in [0.2, 0.25) is 5.95 Å². The molecule has 0 bridgehead atoms. The van der Waals surface area contributed by atoms with Crippen molar-refractivity contribution in [1.29, 1.82) is 0 Å². The summed E-state index contributed by atoms with van der Waals surface area (Å²) in [5.41, 5.74) is 5.27. The summed E-state index contributed by atoms with van der Waals surface area (Å²) < 4.78 is 11.9. The minimum absolute atomic E-state index is 0.0734. The van der Waals surface area contributed by atoms with Crippen LogP contribution in [-0.4, -0.2) is 61.8 Å². The van der Waals surface area contributed by atoms with Gasteiger partial charge in [-0.3, -0.25) is 14.3 Å². The number of nitrogens with one attached hydrogen (secondary N) is 1. The van der Waals surface area contributed by atoms with Crippen molar-refractivity contribution in [2.75, 3.05) is 19.5 Å². The fourth-order valence-corrected chi connectivity index (χ4v) is 2.39. The number of methoxy groups -OCH3 is 1. The van der Waals surface area contributed by atoms with Crippen molar-refractivity contribution in [2.45, 2.75) is 24.5 Å². The van der Waals surface area contributed by atoms with Crippen LogP contribution < -0.4 is 11.3 Å². The molecule has 0 spiro atoms. The van der Waals surface area contributed by atoms with E-state index in [1.54, 1.807) is 0 Å². The zero-order valence-corrected chi connectivity index (χ0v) is 11.1. The van der Waals surface area contributed by atoms with Gasteiger partial charge in [-0.15, -0.1) is 0 Å². The maximum Gasteiger partial charge on any atom is 0.280 e. The molecule has 21 heavy (non-hydrogen) atoms. The predicted molar refractivity (Wildman–Crippen MR) is 70.4 cm³/mol. The zero-order chi connectivity index (χ0) is 15.1. The number of fused-ring (bicyclic) bond motifs is 1. The molecular formula is C11H15N5O5. The van der Waals surface area contributed by atoms with Gasteiger partial charge >= 0.3 is 0 Å². The molecule has 4 unspecified atom stereocenters. The Kier molecular flexibility index (Phi) is 3.37. The highest BCUT2D eigenvalue weighted by Crippen LogP contribution is 2.31. The van der Waals surface area contributed by atoms with Crippen LogP contribution in [0.3, 0.4) is 0 Å². The first-order valence-corrected chi connectivity index (χ1v) is 6.25. The Morgan fingerprint density at radius 3 is 3.00 bits per heavy atom. The van der Waals surface area contributed by atoms with Gasteiger partial charge in [0.05, 0.1) is 12.9 Å². The summed E-state index contributed by atoms with van der Waals surface area (Å²) >= 11 is 0. The third-order valence-electron chi connectivity index (χ3n) is 3.39. The second kappa shape index (κ2) is 5.07. The highest BCUT2D eigenvalue weighted by Gasteiger charge is 2.44. The van der Waals surface area contributed by atoms with Crippen LogP contribution in [0.25, 0.3) is 11.2 Å². The van der Waals surface area contributed by atoms with E-state index in [-0.39, 0.29) is 23.7 Å². The van der Waals surface area contributed by atoms with E-state index in [0.29, 0.717) is 0 Å². The molecule has 0 radical (unpaired) electrons. The van der Waals surface area contributed by atoms with E-state index >= 15 is 0 Å². The maximum absolute atomic E-state index is 11.7. The van der Waals surface area contributed by atoms with Gasteiger partial charge in [0, 0.05) is 7.11 Å². The zero-order valence-electron chi connectivity index (χ0n) is 11.1. The van der Waals surface area contributed by atoms with E-state index in [9.17, 15) is 15.0 Å². The maximum atomic E-state index is 11.7. The lowest BCUT2D eigenvalue weighted by molar-refractivity contribution is -0.0580. The average Bonchev–Trinajstić information content (AvgIpc) is 2.96. The Bertz CT molecular complexity index is 713.